The maximum atomic E-state index is 11.0. The summed E-state index contributed by atoms with van der Waals surface area (Å²) in [6, 6.07) is 21.2. The predicted octanol–water partition coefficient (Wildman–Crippen LogP) is 3.80. The number of benzene rings is 2. The Labute approximate surface area is 164 Å². The first-order valence-electron chi connectivity index (χ1n) is 9.58. The molecule has 0 unspecified atom stereocenters. The van der Waals surface area contributed by atoms with Crippen LogP contribution in [-0.4, -0.2) is 34.4 Å². The summed E-state index contributed by atoms with van der Waals surface area (Å²) in [6.07, 6.45) is 1.19. The number of carbonyl (C=O) groups is 1. The van der Waals surface area contributed by atoms with Crippen LogP contribution in [0.4, 0.5) is 0 Å². The average molecular weight is 385 g/mol. The minimum absolute atomic E-state index is 0.0529. The lowest BCUT2D eigenvalue weighted by atomic mass is 10.0. The SMILES string of the molecule is CO[C@H](CC=O)[C@@H](C)CO[Si](c1ccccc1)(c1ccccc1)C(C)(C)C. The first kappa shape index (κ1) is 21.5. The lowest BCUT2D eigenvalue weighted by Crippen LogP contribution is -2.67. The van der Waals surface area contributed by atoms with Crippen LogP contribution in [0.2, 0.25) is 5.04 Å². The third-order valence-electron chi connectivity index (χ3n) is 5.25. The van der Waals surface area contributed by atoms with Gasteiger partial charge in [-0.2, -0.15) is 0 Å². The Morgan fingerprint density at radius 2 is 1.44 bits per heavy atom. The topological polar surface area (TPSA) is 35.5 Å². The monoisotopic (exact) mass is 384 g/mol. The molecule has 2 atom stereocenters. The maximum absolute atomic E-state index is 11.0. The zero-order valence-corrected chi connectivity index (χ0v) is 18.1. The molecule has 0 fully saturated rings. The quantitative estimate of drug-likeness (QED) is 0.487. The Morgan fingerprint density at radius 3 is 1.81 bits per heavy atom. The minimum atomic E-state index is -2.54. The first-order chi connectivity index (χ1) is 12.9. The Hall–Kier alpha value is -1.75. The summed E-state index contributed by atoms with van der Waals surface area (Å²) in [5.41, 5.74) is 0. The van der Waals surface area contributed by atoms with Crippen molar-refractivity contribution in [2.75, 3.05) is 13.7 Å². The van der Waals surface area contributed by atoms with Gasteiger partial charge in [0.05, 0.1) is 6.10 Å². The van der Waals surface area contributed by atoms with E-state index in [9.17, 15) is 4.79 Å². The van der Waals surface area contributed by atoms with E-state index in [1.54, 1.807) is 7.11 Å². The number of methoxy groups -OCH3 is 1. The highest BCUT2D eigenvalue weighted by atomic mass is 28.4. The molecule has 0 aliphatic heterocycles. The largest absolute Gasteiger partial charge is 0.407 e. The Morgan fingerprint density at radius 1 is 0.963 bits per heavy atom. The normalized spacial score (nSPS) is 14.6. The van der Waals surface area contributed by atoms with Gasteiger partial charge in [0, 0.05) is 26.1 Å². The smallest absolute Gasteiger partial charge is 0.261 e. The van der Waals surface area contributed by atoms with Crippen molar-refractivity contribution in [2.24, 2.45) is 5.92 Å². The van der Waals surface area contributed by atoms with E-state index in [-0.39, 0.29) is 17.1 Å². The molecule has 0 radical (unpaired) electrons. The number of rotatable bonds is 9. The second-order valence-corrected chi connectivity index (χ2v) is 12.4. The van der Waals surface area contributed by atoms with E-state index in [1.807, 2.05) is 12.1 Å². The summed E-state index contributed by atoms with van der Waals surface area (Å²) in [5, 5.41) is 2.48. The molecular weight excluding hydrogens is 352 g/mol. The van der Waals surface area contributed by atoms with Crippen LogP contribution < -0.4 is 10.4 Å². The van der Waals surface area contributed by atoms with Crippen LogP contribution in [0.1, 0.15) is 34.1 Å². The van der Waals surface area contributed by atoms with Crippen molar-refractivity contribution in [1.29, 1.82) is 0 Å². The number of hydrogen-bond donors (Lipinski definition) is 0. The van der Waals surface area contributed by atoms with E-state index < -0.39 is 8.32 Å². The van der Waals surface area contributed by atoms with Gasteiger partial charge in [0.1, 0.15) is 6.29 Å². The molecule has 2 aromatic rings. The van der Waals surface area contributed by atoms with E-state index in [0.29, 0.717) is 13.0 Å². The molecule has 2 rings (SSSR count). The molecule has 3 nitrogen and oxygen atoms in total. The minimum Gasteiger partial charge on any atom is -0.407 e. The fourth-order valence-electron chi connectivity index (χ4n) is 3.78. The molecule has 0 heterocycles. The molecule has 0 saturated heterocycles. The van der Waals surface area contributed by atoms with Crippen LogP contribution in [0.15, 0.2) is 60.7 Å². The summed E-state index contributed by atoms with van der Waals surface area (Å²) < 4.78 is 12.4. The predicted molar refractivity (Wildman–Crippen MR) is 114 cm³/mol. The zero-order chi connectivity index (χ0) is 19.9. The Kier molecular flexibility index (Phi) is 7.54. The van der Waals surface area contributed by atoms with Gasteiger partial charge < -0.3 is 14.0 Å². The van der Waals surface area contributed by atoms with Gasteiger partial charge in [0.15, 0.2) is 0 Å². The van der Waals surface area contributed by atoms with E-state index in [1.165, 1.54) is 10.4 Å². The Balaban J connectivity index is 2.48. The standard InChI is InChI=1S/C23H32O3Si/c1-19(22(25-5)16-17-24)18-26-27(23(2,3)4,20-12-8-6-9-13-20)21-14-10-7-11-15-21/h6-15,17,19,22H,16,18H2,1-5H3/t19-,22+/m0/s1. The molecule has 0 aliphatic carbocycles. The molecule has 0 aromatic heterocycles. The summed E-state index contributed by atoms with van der Waals surface area (Å²) in [4.78, 5) is 11.0. The van der Waals surface area contributed by atoms with Gasteiger partial charge in [-0.25, -0.2) is 0 Å². The summed E-state index contributed by atoms with van der Waals surface area (Å²) in [7, 11) is -0.877. The van der Waals surface area contributed by atoms with Crippen molar-refractivity contribution < 1.29 is 14.0 Å². The van der Waals surface area contributed by atoms with Crippen LogP contribution in [0, 0.1) is 5.92 Å². The molecule has 146 valence electrons. The van der Waals surface area contributed by atoms with Crippen LogP contribution >= 0.6 is 0 Å². The number of hydrogen-bond acceptors (Lipinski definition) is 3. The van der Waals surface area contributed by atoms with Crippen LogP contribution in [0.3, 0.4) is 0 Å². The highest BCUT2D eigenvalue weighted by Gasteiger charge is 2.50. The molecule has 0 N–H and O–H groups in total. The van der Waals surface area contributed by atoms with Gasteiger partial charge >= 0.3 is 0 Å². The van der Waals surface area contributed by atoms with Crippen molar-refractivity contribution in [3.63, 3.8) is 0 Å². The van der Waals surface area contributed by atoms with Crippen molar-refractivity contribution in [3.8, 4) is 0 Å². The van der Waals surface area contributed by atoms with Crippen LogP contribution in [-0.2, 0) is 14.0 Å². The van der Waals surface area contributed by atoms with Gasteiger partial charge in [0.2, 0.25) is 0 Å². The number of aldehydes is 1. The molecular formula is C23H32O3Si. The molecule has 27 heavy (non-hydrogen) atoms. The third-order valence-corrected chi connectivity index (χ3v) is 10.3. The van der Waals surface area contributed by atoms with Crippen molar-refractivity contribution in [3.05, 3.63) is 60.7 Å². The molecule has 2 aromatic carbocycles. The van der Waals surface area contributed by atoms with Crippen LogP contribution in [0.5, 0.6) is 0 Å². The second-order valence-electron chi connectivity index (χ2n) is 8.13. The molecule has 0 amide bonds. The van der Waals surface area contributed by atoms with Crippen molar-refractivity contribution in [1.82, 2.24) is 0 Å². The van der Waals surface area contributed by atoms with E-state index in [2.05, 4.69) is 76.2 Å². The Bertz CT molecular complexity index is 655. The molecule has 0 aliphatic rings. The molecule has 0 spiro atoms. The highest BCUT2D eigenvalue weighted by Crippen LogP contribution is 2.37. The fourth-order valence-corrected chi connectivity index (χ4v) is 8.45. The number of ether oxygens (including phenoxy) is 1. The van der Waals surface area contributed by atoms with E-state index >= 15 is 0 Å². The zero-order valence-electron chi connectivity index (χ0n) is 17.1. The van der Waals surface area contributed by atoms with Gasteiger partial charge in [-0.3, -0.25) is 0 Å². The molecule has 0 saturated carbocycles. The fraction of sp³-hybridized carbons (Fsp3) is 0.435. The summed E-state index contributed by atoms with van der Waals surface area (Å²) in [6.45, 7) is 9.45. The average Bonchev–Trinajstić information content (AvgIpc) is 2.67. The third kappa shape index (κ3) is 4.75. The van der Waals surface area contributed by atoms with Crippen molar-refractivity contribution in [2.45, 2.75) is 45.3 Å². The van der Waals surface area contributed by atoms with Gasteiger partial charge in [-0.1, -0.05) is 88.4 Å². The first-order valence-corrected chi connectivity index (χ1v) is 11.5. The highest BCUT2D eigenvalue weighted by molar-refractivity contribution is 6.99. The van der Waals surface area contributed by atoms with Gasteiger partial charge in [-0.05, 0) is 15.4 Å². The van der Waals surface area contributed by atoms with E-state index in [4.69, 9.17) is 9.16 Å². The number of carbonyl (C=O) groups excluding carboxylic acids is 1. The molecule has 4 heteroatoms. The van der Waals surface area contributed by atoms with Crippen molar-refractivity contribution >= 4 is 25.0 Å². The van der Waals surface area contributed by atoms with Gasteiger partial charge in [0.25, 0.3) is 8.32 Å². The lowest BCUT2D eigenvalue weighted by molar-refractivity contribution is -0.111. The maximum Gasteiger partial charge on any atom is 0.261 e. The van der Waals surface area contributed by atoms with Gasteiger partial charge in [-0.15, -0.1) is 0 Å². The summed E-state index contributed by atoms with van der Waals surface area (Å²) >= 11 is 0. The summed E-state index contributed by atoms with van der Waals surface area (Å²) in [5.74, 6) is 0.127. The van der Waals surface area contributed by atoms with E-state index in [0.717, 1.165) is 6.29 Å². The molecule has 0 bridgehead atoms. The van der Waals surface area contributed by atoms with Crippen LogP contribution in [0.25, 0.3) is 0 Å². The second kappa shape index (κ2) is 9.45. The lowest BCUT2D eigenvalue weighted by Gasteiger charge is -2.44.